The van der Waals surface area contributed by atoms with Gasteiger partial charge in [-0.3, -0.25) is 4.79 Å². The van der Waals surface area contributed by atoms with E-state index in [2.05, 4.69) is 21.2 Å². The number of amides is 1. The van der Waals surface area contributed by atoms with Gasteiger partial charge in [-0.05, 0) is 95.4 Å². The maximum Gasteiger partial charge on any atom is 0.266 e. The number of hydrogen-bond acceptors (Lipinski definition) is 6. The van der Waals surface area contributed by atoms with E-state index in [4.69, 9.17) is 18.9 Å². The molecular formula is C35H33BrN2O5. The van der Waals surface area contributed by atoms with Crippen LogP contribution in [-0.4, -0.2) is 19.6 Å². The van der Waals surface area contributed by atoms with Gasteiger partial charge in [0.05, 0.1) is 18.2 Å². The van der Waals surface area contributed by atoms with Crippen molar-refractivity contribution in [3.63, 3.8) is 0 Å². The van der Waals surface area contributed by atoms with Crippen LogP contribution in [0.1, 0.15) is 34.7 Å². The number of carbonyl (C=O) groups is 1. The van der Waals surface area contributed by atoms with Crippen LogP contribution in [0.4, 0.5) is 5.69 Å². The number of ether oxygens (including phenoxy) is 4. The van der Waals surface area contributed by atoms with Crippen LogP contribution >= 0.6 is 15.9 Å². The lowest BCUT2D eigenvalue weighted by Crippen LogP contribution is -2.14. The fourth-order valence-electron chi connectivity index (χ4n) is 4.34. The van der Waals surface area contributed by atoms with Crippen LogP contribution in [0.25, 0.3) is 6.08 Å². The molecule has 0 spiro atoms. The van der Waals surface area contributed by atoms with Gasteiger partial charge < -0.3 is 24.3 Å². The van der Waals surface area contributed by atoms with Gasteiger partial charge in [0.2, 0.25) is 0 Å². The van der Waals surface area contributed by atoms with Gasteiger partial charge in [-0.1, -0.05) is 54.1 Å². The molecule has 0 saturated carbocycles. The quantitative estimate of drug-likeness (QED) is 0.124. The maximum atomic E-state index is 12.9. The first-order valence-electron chi connectivity index (χ1n) is 13.7. The van der Waals surface area contributed by atoms with Crippen LogP contribution < -0.4 is 24.3 Å². The van der Waals surface area contributed by atoms with Crippen LogP contribution in [0.15, 0.2) is 88.9 Å². The summed E-state index contributed by atoms with van der Waals surface area (Å²) in [5, 5.41) is 12.6. The van der Waals surface area contributed by atoms with Gasteiger partial charge in [-0.2, -0.15) is 5.26 Å². The molecule has 0 atom stereocenters. The number of methoxy groups -OCH3 is 1. The summed E-state index contributed by atoms with van der Waals surface area (Å²) in [7, 11) is 1.60. The van der Waals surface area contributed by atoms with Crippen molar-refractivity contribution >= 4 is 33.6 Å². The number of aryl methyl sites for hydroxylation is 2. The Hall–Kier alpha value is -4.74. The highest BCUT2D eigenvalue weighted by Gasteiger charge is 2.16. The first-order valence-corrected chi connectivity index (χ1v) is 14.5. The summed E-state index contributed by atoms with van der Waals surface area (Å²) < 4.78 is 24.2. The van der Waals surface area contributed by atoms with E-state index in [0.29, 0.717) is 51.9 Å². The molecule has 4 rings (SSSR count). The van der Waals surface area contributed by atoms with E-state index in [1.54, 1.807) is 19.2 Å². The molecule has 0 aromatic heterocycles. The zero-order valence-corrected chi connectivity index (χ0v) is 26.2. The summed E-state index contributed by atoms with van der Waals surface area (Å²) in [6, 6.07) is 26.8. The number of benzene rings is 4. The second kappa shape index (κ2) is 14.9. The number of nitrogens with one attached hydrogen (secondary N) is 1. The Kier molecular flexibility index (Phi) is 10.8. The molecule has 0 bridgehead atoms. The summed E-state index contributed by atoms with van der Waals surface area (Å²) in [6.07, 6.45) is 1.52. The molecule has 4 aromatic rings. The number of anilines is 1. The minimum Gasteiger partial charge on any atom is -0.493 e. The average Bonchev–Trinajstić information content (AvgIpc) is 3.00. The van der Waals surface area contributed by atoms with E-state index in [1.807, 2.05) is 93.6 Å². The first-order chi connectivity index (χ1) is 20.8. The summed E-state index contributed by atoms with van der Waals surface area (Å²) in [6.45, 7) is 6.83. The molecule has 4 aromatic carbocycles. The lowest BCUT2D eigenvalue weighted by Gasteiger charge is -2.16. The smallest absolute Gasteiger partial charge is 0.266 e. The Balaban J connectivity index is 1.50. The number of hydrogen-bond donors (Lipinski definition) is 1. The molecule has 43 heavy (non-hydrogen) atoms. The van der Waals surface area contributed by atoms with E-state index in [-0.39, 0.29) is 12.2 Å². The standard InChI is InChI=1S/C35H33BrN2O5/c1-5-41-33-19-27(16-28(20-37)35(39)38-30-13-11-23(2)15-24(30)3)17-29(36)34(33)43-22-26-12-14-31(32(18-26)40-4)42-21-25-9-7-6-8-10-25/h6-19H,5,21-22H2,1-4H3,(H,38,39)/b28-16+. The Labute approximate surface area is 260 Å². The monoisotopic (exact) mass is 640 g/mol. The molecule has 220 valence electrons. The second-order valence-corrected chi connectivity index (χ2v) is 10.6. The highest BCUT2D eigenvalue weighted by molar-refractivity contribution is 9.10. The van der Waals surface area contributed by atoms with Gasteiger partial charge in [0.1, 0.15) is 24.9 Å². The predicted molar refractivity (Wildman–Crippen MR) is 172 cm³/mol. The minimum absolute atomic E-state index is 0.0374. The molecule has 7 nitrogen and oxygen atoms in total. The second-order valence-electron chi connectivity index (χ2n) is 9.75. The third-order valence-corrected chi connectivity index (χ3v) is 7.08. The number of nitriles is 1. The highest BCUT2D eigenvalue weighted by atomic mass is 79.9. The molecule has 8 heteroatoms. The zero-order valence-electron chi connectivity index (χ0n) is 24.6. The van der Waals surface area contributed by atoms with Crippen LogP contribution in [-0.2, 0) is 18.0 Å². The van der Waals surface area contributed by atoms with Gasteiger partial charge in [-0.15, -0.1) is 0 Å². The minimum atomic E-state index is -0.492. The van der Waals surface area contributed by atoms with Gasteiger partial charge >= 0.3 is 0 Å². The van der Waals surface area contributed by atoms with E-state index >= 15 is 0 Å². The lowest BCUT2D eigenvalue weighted by atomic mass is 10.1. The third-order valence-electron chi connectivity index (χ3n) is 6.49. The molecule has 0 aliphatic heterocycles. The topological polar surface area (TPSA) is 89.8 Å². The number of halogens is 1. The molecule has 0 aliphatic rings. The molecule has 0 unspecified atom stereocenters. The average molecular weight is 642 g/mol. The summed E-state index contributed by atoms with van der Waals surface area (Å²) in [4.78, 5) is 12.9. The molecular weight excluding hydrogens is 608 g/mol. The van der Waals surface area contributed by atoms with Crippen LogP contribution in [0.5, 0.6) is 23.0 Å². The molecule has 0 saturated heterocycles. The van der Waals surface area contributed by atoms with E-state index in [0.717, 1.165) is 22.3 Å². The normalized spacial score (nSPS) is 10.9. The SMILES string of the molecule is CCOc1cc(/C=C(\C#N)C(=O)Nc2ccc(C)cc2C)cc(Br)c1OCc1ccc(OCc2ccccc2)c(OC)c1. The maximum absolute atomic E-state index is 12.9. The van der Waals surface area contributed by atoms with Gasteiger partial charge in [0, 0.05) is 5.69 Å². The van der Waals surface area contributed by atoms with Crippen LogP contribution in [0.3, 0.4) is 0 Å². The predicted octanol–water partition coefficient (Wildman–Crippen LogP) is 8.18. The number of nitrogens with zero attached hydrogens (tertiary/aromatic N) is 1. The van der Waals surface area contributed by atoms with Crippen molar-refractivity contribution in [2.75, 3.05) is 19.0 Å². The van der Waals surface area contributed by atoms with Crippen molar-refractivity contribution < 1.29 is 23.7 Å². The molecule has 1 amide bonds. The fraction of sp³-hybridized carbons (Fsp3) is 0.200. The third kappa shape index (κ3) is 8.40. The molecule has 0 fully saturated rings. The number of carbonyl (C=O) groups excluding carboxylic acids is 1. The molecule has 0 radical (unpaired) electrons. The Morgan fingerprint density at radius 2 is 1.65 bits per heavy atom. The van der Waals surface area contributed by atoms with Gasteiger partial charge in [0.15, 0.2) is 23.0 Å². The van der Waals surface area contributed by atoms with Crippen LogP contribution in [0, 0.1) is 25.2 Å². The van der Waals surface area contributed by atoms with E-state index in [1.165, 1.54) is 6.08 Å². The number of rotatable bonds is 12. The van der Waals surface area contributed by atoms with Gasteiger partial charge in [0.25, 0.3) is 5.91 Å². The van der Waals surface area contributed by atoms with Gasteiger partial charge in [-0.25, -0.2) is 0 Å². The van der Waals surface area contributed by atoms with Crippen molar-refractivity contribution in [1.29, 1.82) is 5.26 Å². The van der Waals surface area contributed by atoms with Crippen molar-refractivity contribution in [2.24, 2.45) is 0 Å². The molecule has 1 N–H and O–H groups in total. The Morgan fingerprint density at radius 3 is 2.35 bits per heavy atom. The van der Waals surface area contributed by atoms with Crippen molar-refractivity contribution in [2.45, 2.75) is 34.0 Å². The summed E-state index contributed by atoms with van der Waals surface area (Å²) in [5.74, 6) is 1.72. The fourth-order valence-corrected chi connectivity index (χ4v) is 4.92. The molecule has 0 aliphatic carbocycles. The van der Waals surface area contributed by atoms with Crippen molar-refractivity contribution in [3.8, 4) is 29.1 Å². The molecule has 0 heterocycles. The van der Waals surface area contributed by atoms with Crippen molar-refractivity contribution in [3.05, 3.63) is 117 Å². The van der Waals surface area contributed by atoms with E-state index in [9.17, 15) is 10.1 Å². The lowest BCUT2D eigenvalue weighted by molar-refractivity contribution is -0.112. The first kappa shape index (κ1) is 31.2. The zero-order chi connectivity index (χ0) is 30.8. The Bertz CT molecular complexity index is 1660. The van der Waals surface area contributed by atoms with Crippen molar-refractivity contribution in [1.82, 2.24) is 0 Å². The van der Waals surface area contributed by atoms with E-state index < -0.39 is 5.91 Å². The summed E-state index contributed by atoms with van der Waals surface area (Å²) in [5.41, 5.74) is 5.17. The summed E-state index contributed by atoms with van der Waals surface area (Å²) >= 11 is 3.58. The largest absolute Gasteiger partial charge is 0.493 e. The Morgan fingerprint density at radius 1 is 0.884 bits per heavy atom. The highest BCUT2D eigenvalue weighted by Crippen LogP contribution is 2.38. The van der Waals surface area contributed by atoms with Crippen LogP contribution in [0.2, 0.25) is 0 Å².